The van der Waals surface area contributed by atoms with Gasteiger partial charge in [-0.2, -0.15) is 0 Å². The monoisotopic (exact) mass is 526 g/mol. The zero-order valence-corrected chi connectivity index (χ0v) is 20.9. The fourth-order valence-corrected chi connectivity index (χ4v) is 8.08. The molecule has 1 fully saturated rings. The van der Waals surface area contributed by atoms with Gasteiger partial charge < -0.3 is 9.47 Å². The molecule has 5 atom stereocenters. The predicted molar refractivity (Wildman–Crippen MR) is 140 cm³/mol. The minimum absolute atomic E-state index is 0.373. The molecule has 3 unspecified atom stereocenters. The minimum Gasteiger partial charge on any atom is -0.452 e. The van der Waals surface area contributed by atoms with Crippen LogP contribution in [0.4, 0.5) is 0 Å². The van der Waals surface area contributed by atoms with E-state index < -0.39 is 39.3 Å². The summed E-state index contributed by atoms with van der Waals surface area (Å²) in [5.41, 5.74) is 3.39. The molecule has 4 aromatic rings. The topological polar surface area (TPSA) is 52.6 Å². The summed E-state index contributed by atoms with van der Waals surface area (Å²) < 4.78 is 12.4. The van der Waals surface area contributed by atoms with Gasteiger partial charge >= 0.3 is 11.9 Å². The SMILES string of the molecule is O=C(OC1C(OC(=O)c2ccccc2)[C@]2(Cl)c3ccccc3[C@@]23c2ccccc2C13Cl)c1ccccc1. The van der Waals surface area contributed by atoms with Crippen molar-refractivity contribution in [2.45, 2.75) is 27.4 Å². The normalized spacial score (nSPS) is 29.9. The van der Waals surface area contributed by atoms with Gasteiger partial charge in [0.2, 0.25) is 0 Å². The molecule has 0 heterocycles. The molecule has 7 rings (SSSR count). The molecule has 0 radical (unpaired) electrons. The highest BCUT2D eigenvalue weighted by Crippen LogP contribution is 2.84. The number of halogens is 2. The molecule has 37 heavy (non-hydrogen) atoms. The van der Waals surface area contributed by atoms with E-state index in [-0.39, 0.29) is 0 Å². The van der Waals surface area contributed by atoms with Crippen LogP contribution >= 0.6 is 23.2 Å². The van der Waals surface area contributed by atoms with Crippen LogP contribution in [-0.2, 0) is 24.6 Å². The van der Waals surface area contributed by atoms with Gasteiger partial charge in [0.25, 0.3) is 0 Å². The Kier molecular flexibility index (Phi) is 4.70. The molecule has 4 nitrogen and oxygen atoms in total. The summed E-state index contributed by atoms with van der Waals surface area (Å²) >= 11 is 15.2. The van der Waals surface area contributed by atoms with Crippen LogP contribution in [0.3, 0.4) is 0 Å². The molecule has 4 aromatic carbocycles. The van der Waals surface area contributed by atoms with E-state index in [9.17, 15) is 9.59 Å². The van der Waals surface area contributed by atoms with Gasteiger partial charge in [0.15, 0.2) is 12.2 Å². The van der Waals surface area contributed by atoms with Gasteiger partial charge in [-0.1, -0.05) is 84.9 Å². The Bertz CT molecular complexity index is 1450. The van der Waals surface area contributed by atoms with E-state index in [2.05, 4.69) is 0 Å². The summed E-state index contributed by atoms with van der Waals surface area (Å²) in [7, 11) is 0. The first-order valence-electron chi connectivity index (χ1n) is 12.1. The standard InChI is InChI=1S/C31H20Cl2O4/c32-30-23-17-9-7-15-21(23)29(30)22-16-8-10-18-24(22)31(29,33)26(37-28(35)20-13-5-2-6-14-20)25(30)36-27(34)19-11-3-1-4-12-19/h1-18,25-26H/t25?,26?,29-,30-,31?/m1/s1. The van der Waals surface area contributed by atoms with E-state index in [0.29, 0.717) is 11.1 Å². The molecule has 1 saturated carbocycles. The summed E-state index contributed by atoms with van der Waals surface area (Å²) in [6, 6.07) is 32.9. The van der Waals surface area contributed by atoms with E-state index in [0.717, 1.165) is 22.3 Å². The first-order valence-corrected chi connectivity index (χ1v) is 12.8. The molecule has 0 N–H and O–H groups in total. The fourth-order valence-electron chi connectivity index (χ4n) is 6.68. The van der Waals surface area contributed by atoms with Crippen LogP contribution in [0, 0.1) is 0 Å². The maximum absolute atomic E-state index is 13.4. The Morgan fingerprint density at radius 1 is 0.514 bits per heavy atom. The molecule has 3 aliphatic carbocycles. The van der Waals surface area contributed by atoms with Crippen molar-refractivity contribution in [2.75, 3.05) is 0 Å². The van der Waals surface area contributed by atoms with Gasteiger partial charge in [-0.05, 0) is 46.5 Å². The fraction of sp³-hybridized carbons (Fsp3) is 0.161. The highest BCUT2D eigenvalue weighted by molar-refractivity contribution is 6.35. The molecule has 3 aliphatic rings. The van der Waals surface area contributed by atoms with Crippen molar-refractivity contribution in [3.8, 4) is 0 Å². The summed E-state index contributed by atoms with van der Waals surface area (Å²) in [5, 5.41) is 0. The first-order chi connectivity index (χ1) is 18.0. The lowest BCUT2D eigenvalue weighted by molar-refractivity contribution is -0.0391. The maximum Gasteiger partial charge on any atom is 0.338 e. The highest BCUT2D eigenvalue weighted by atomic mass is 35.5. The molecular formula is C31H20Cl2O4. The van der Waals surface area contributed by atoms with Gasteiger partial charge in [-0.15, -0.1) is 23.2 Å². The Balaban J connectivity index is 1.42. The molecule has 0 aromatic heterocycles. The van der Waals surface area contributed by atoms with Gasteiger partial charge in [0.1, 0.15) is 9.75 Å². The lowest BCUT2D eigenvalue weighted by atomic mass is 9.43. The average molecular weight is 527 g/mol. The average Bonchev–Trinajstić information content (AvgIpc) is 3.05. The first kappa shape index (κ1) is 22.6. The van der Waals surface area contributed by atoms with E-state index in [1.54, 1.807) is 48.5 Å². The Labute approximate surface area is 223 Å². The molecular weight excluding hydrogens is 507 g/mol. The van der Waals surface area contributed by atoms with E-state index in [1.807, 2.05) is 60.7 Å². The Hall–Kier alpha value is -3.60. The summed E-state index contributed by atoms with van der Waals surface area (Å²) in [4.78, 5) is 24.3. The second-order valence-corrected chi connectivity index (χ2v) is 10.8. The van der Waals surface area contributed by atoms with E-state index in [4.69, 9.17) is 32.7 Å². The molecule has 0 amide bonds. The number of benzene rings is 4. The van der Waals surface area contributed by atoms with Crippen LogP contribution in [0.25, 0.3) is 0 Å². The lowest BCUT2D eigenvalue weighted by Gasteiger charge is -2.65. The van der Waals surface area contributed by atoms with Gasteiger partial charge in [0, 0.05) is 0 Å². The van der Waals surface area contributed by atoms with Crippen molar-refractivity contribution in [3.63, 3.8) is 0 Å². The lowest BCUT2D eigenvalue weighted by Crippen LogP contribution is -2.68. The van der Waals surface area contributed by atoms with Crippen LogP contribution in [-0.4, -0.2) is 24.1 Å². The molecule has 0 saturated heterocycles. The van der Waals surface area contributed by atoms with Crippen LogP contribution in [0.2, 0.25) is 0 Å². The zero-order chi connectivity index (χ0) is 25.4. The number of carbonyl (C=O) groups is 2. The minimum atomic E-state index is -1.23. The van der Waals surface area contributed by atoms with Gasteiger partial charge in [-0.3, -0.25) is 0 Å². The van der Waals surface area contributed by atoms with Gasteiger partial charge in [-0.25, -0.2) is 9.59 Å². The number of carbonyl (C=O) groups excluding carboxylic acids is 2. The number of fused-ring (bicyclic) bond motifs is 4. The third-order valence-corrected chi connectivity index (χ3v) is 9.49. The Morgan fingerprint density at radius 2 is 0.838 bits per heavy atom. The highest BCUT2D eigenvalue weighted by Gasteiger charge is 2.90. The van der Waals surface area contributed by atoms with Crippen LogP contribution in [0.5, 0.6) is 0 Å². The molecule has 182 valence electrons. The second-order valence-electron chi connectivity index (χ2n) is 9.65. The summed E-state index contributed by atoms with van der Waals surface area (Å²) in [6.07, 6.45) is -2.09. The number of hydrogen-bond acceptors (Lipinski definition) is 4. The van der Waals surface area contributed by atoms with Crippen LogP contribution in [0.15, 0.2) is 109 Å². The predicted octanol–water partition coefficient (Wildman–Crippen LogP) is 6.33. The Morgan fingerprint density at radius 3 is 1.22 bits per heavy atom. The van der Waals surface area contributed by atoms with Crippen molar-refractivity contribution in [1.82, 2.24) is 0 Å². The second kappa shape index (κ2) is 7.70. The molecule has 1 spiro atoms. The summed E-state index contributed by atoms with van der Waals surface area (Å²) in [5.74, 6) is -1.12. The van der Waals surface area contributed by atoms with E-state index >= 15 is 0 Å². The molecule has 6 heteroatoms. The smallest absolute Gasteiger partial charge is 0.338 e. The summed E-state index contributed by atoms with van der Waals surface area (Å²) in [6.45, 7) is 0. The molecule has 0 aliphatic heterocycles. The number of hydrogen-bond donors (Lipinski definition) is 0. The zero-order valence-electron chi connectivity index (χ0n) is 19.4. The van der Waals surface area contributed by atoms with Crippen LogP contribution in [0.1, 0.15) is 43.0 Å². The van der Waals surface area contributed by atoms with Crippen molar-refractivity contribution in [1.29, 1.82) is 0 Å². The van der Waals surface area contributed by atoms with Gasteiger partial charge in [0.05, 0.1) is 16.5 Å². The number of esters is 2. The van der Waals surface area contributed by atoms with Crippen molar-refractivity contribution in [2.24, 2.45) is 0 Å². The van der Waals surface area contributed by atoms with Crippen LogP contribution < -0.4 is 0 Å². The van der Waals surface area contributed by atoms with Crippen molar-refractivity contribution < 1.29 is 19.1 Å². The van der Waals surface area contributed by atoms with E-state index in [1.165, 1.54) is 0 Å². The third-order valence-electron chi connectivity index (χ3n) is 8.08. The van der Waals surface area contributed by atoms with Crippen molar-refractivity contribution >= 4 is 35.1 Å². The number of rotatable bonds is 4. The molecule has 0 bridgehead atoms. The van der Waals surface area contributed by atoms with Crippen molar-refractivity contribution in [3.05, 3.63) is 143 Å². The largest absolute Gasteiger partial charge is 0.452 e. The third kappa shape index (κ3) is 2.55. The number of alkyl halides is 2. The number of ether oxygens (including phenoxy) is 2. The maximum atomic E-state index is 13.4. The quantitative estimate of drug-likeness (QED) is 0.230.